The van der Waals surface area contributed by atoms with Crippen LogP contribution in [0, 0.1) is 20.8 Å². The van der Waals surface area contributed by atoms with Gasteiger partial charge < -0.3 is 5.32 Å². The molecule has 0 bridgehead atoms. The molecule has 3 aromatic rings. The molecule has 6 nitrogen and oxygen atoms in total. The highest BCUT2D eigenvalue weighted by Gasteiger charge is 2.23. The molecule has 0 fully saturated rings. The summed E-state index contributed by atoms with van der Waals surface area (Å²) in [7, 11) is 0. The Labute approximate surface area is 200 Å². The number of benzene rings is 2. The number of nitrogens with zero attached hydrogens (tertiary/aromatic N) is 4. The van der Waals surface area contributed by atoms with Gasteiger partial charge >= 0.3 is 0 Å². The Kier molecular flexibility index (Phi) is 7.50. The van der Waals surface area contributed by atoms with Gasteiger partial charge in [0.1, 0.15) is 5.82 Å². The van der Waals surface area contributed by atoms with Crippen LogP contribution in [0.1, 0.15) is 41.4 Å². The predicted octanol–water partition coefficient (Wildman–Crippen LogP) is 4.24. The van der Waals surface area contributed by atoms with Crippen LogP contribution in [0.3, 0.4) is 0 Å². The number of carbonyl (C=O) groups is 1. The Bertz CT molecular complexity index is 1130. The highest BCUT2D eigenvalue weighted by molar-refractivity contribution is 7.99. The van der Waals surface area contributed by atoms with Crippen molar-refractivity contribution in [1.29, 1.82) is 0 Å². The van der Waals surface area contributed by atoms with E-state index < -0.39 is 0 Å². The lowest BCUT2D eigenvalue weighted by atomic mass is 9.98. The first-order chi connectivity index (χ1) is 16.0. The molecule has 1 unspecified atom stereocenters. The smallest absolute Gasteiger partial charge is 0.230 e. The number of rotatable bonds is 8. The second kappa shape index (κ2) is 10.5. The van der Waals surface area contributed by atoms with Crippen molar-refractivity contribution in [3.8, 4) is 5.69 Å². The van der Waals surface area contributed by atoms with Gasteiger partial charge in [0.15, 0.2) is 5.16 Å². The van der Waals surface area contributed by atoms with Crippen molar-refractivity contribution in [3.63, 3.8) is 0 Å². The predicted molar refractivity (Wildman–Crippen MR) is 134 cm³/mol. The summed E-state index contributed by atoms with van der Waals surface area (Å²) < 4.78 is 2.04. The average molecular weight is 464 g/mol. The van der Waals surface area contributed by atoms with Crippen molar-refractivity contribution in [2.75, 3.05) is 18.8 Å². The number of aromatic nitrogens is 3. The molecule has 1 aliphatic rings. The third kappa shape index (κ3) is 5.47. The first kappa shape index (κ1) is 23.5. The van der Waals surface area contributed by atoms with E-state index in [-0.39, 0.29) is 5.91 Å². The lowest BCUT2D eigenvalue weighted by molar-refractivity contribution is -0.118. The molecule has 33 heavy (non-hydrogen) atoms. The van der Waals surface area contributed by atoms with Crippen LogP contribution >= 0.6 is 11.8 Å². The van der Waals surface area contributed by atoms with Gasteiger partial charge in [0, 0.05) is 25.7 Å². The van der Waals surface area contributed by atoms with Gasteiger partial charge in [-0.1, -0.05) is 55.1 Å². The number of hydrogen-bond donors (Lipinski definition) is 1. The van der Waals surface area contributed by atoms with Crippen LogP contribution in [0.25, 0.3) is 5.69 Å². The number of amides is 1. The van der Waals surface area contributed by atoms with Gasteiger partial charge in [-0.15, -0.1) is 10.2 Å². The van der Waals surface area contributed by atoms with Crippen LogP contribution in [-0.2, 0) is 17.8 Å². The van der Waals surface area contributed by atoms with E-state index >= 15 is 0 Å². The van der Waals surface area contributed by atoms with Crippen molar-refractivity contribution in [2.45, 2.75) is 58.3 Å². The van der Waals surface area contributed by atoms with E-state index in [1.807, 2.05) is 11.5 Å². The van der Waals surface area contributed by atoms with E-state index in [9.17, 15) is 4.79 Å². The fourth-order valence-electron chi connectivity index (χ4n) is 4.45. The molecule has 4 rings (SSSR count). The van der Waals surface area contributed by atoms with E-state index in [2.05, 4.69) is 83.6 Å². The molecule has 7 heteroatoms. The lowest BCUT2D eigenvalue weighted by Crippen LogP contribution is -2.46. The molecule has 1 amide bonds. The maximum absolute atomic E-state index is 12.7. The fraction of sp³-hybridized carbons (Fsp3) is 0.423. The Balaban J connectivity index is 1.34. The molecule has 0 aliphatic carbocycles. The third-order valence-corrected chi connectivity index (χ3v) is 7.34. The van der Waals surface area contributed by atoms with Crippen molar-refractivity contribution >= 4 is 17.7 Å². The minimum atomic E-state index is 0.0315. The van der Waals surface area contributed by atoms with E-state index in [0.29, 0.717) is 18.3 Å². The number of aryl methyl sites for hydroxylation is 3. The molecular weight excluding hydrogens is 430 g/mol. The summed E-state index contributed by atoms with van der Waals surface area (Å²) >= 11 is 1.43. The first-order valence-corrected chi connectivity index (χ1v) is 12.6. The molecule has 1 N–H and O–H groups in total. The zero-order valence-electron chi connectivity index (χ0n) is 20.0. The minimum absolute atomic E-state index is 0.0315. The van der Waals surface area contributed by atoms with E-state index in [4.69, 9.17) is 0 Å². The van der Waals surface area contributed by atoms with Crippen molar-refractivity contribution in [2.24, 2.45) is 0 Å². The second-order valence-corrected chi connectivity index (χ2v) is 9.74. The Morgan fingerprint density at radius 2 is 1.91 bits per heavy atom. The van der Waals surface area contributed by atoms with Crippen LogP contribution in [0.5, 0.6) is 0 Å². The quantitative estimate of drug-likeness (QED) is 0.507. The van der Waals surface area contributed by atoms with Crippen LogP contribution < -0.4 is 5.32 Å². The number of nitrogens with one attached hydrogen (secondary N) is 1. The highest BCUT2D eigenvalue weighted by atomic mass is 32.2. The number of thioether (sulfide) groups is 1. The van der Waals surface area contributed by atoms with Gasteiger partial charge in [0.05, 0.1) is 11.4 Å². The minimum Gasteiger partial charge on any atom is -0.354 e. The Morgan fingerprint density at radius 3 is 2.70 bits per heavy atom. The topological polar surface area (TPSA) is 63.1 Å². The third-order valence-electron chi connectivity index (χ3n) is 6.42. The molecule has 0 radical (unpaired) electrons. The highest BCUT2D eigenvalue weighted by Crippen LogP contribution is 2.25. The summed E-state index contributed by atoms with van der Waals surface area (Å²) in [4.78, 5) is 15.2. The Morgan fingerprint density at radius 1 is 1.12 bits per heavy atom. The zero-order valence-corrected chi connectivity index (χ0v) is 20.8. The molecule has 1 aliphatic heterocycles. The molecule has 1 atom stereocenters. The zero-order chi connectivity index (χ0) is 23.4. The average Bonchev–Trinajstić information content (AvgIpc) is 3.19. The summed E-state index contributed by atoms with van der Waals surface area (Å²) in [5, 5.41) is 12.5. The van der Waals surface area contributed by atoms with Gasteiger partial charge in [-0.2, -0.15) is 0 Å². The molecule has 0 saturated heterocycles. The van der Waals surface area contributed by atoms with Crippen molar-refractivity contribution in [3.05, 3.63) is 70.5 Å². The SMILES string of the molecule is CCC(CNC(=O)CSc1nnc(C)n1-c1cc(C)ccc1C)N1CCc2ccccc2C1. The summed E-state index contributed by atoms with van der Waals surface area (Å²) in [6.07, 6.45) is 2.08. The fourth-order valence-corrected chi connectivity index (χ4v) is 5.27. The van der Waals surface area contributed by atoms with Crippen LogP contribution in [0.2, 0.25) is 0 Å². The van der Waals surface area contributed by atoms with Gasteiger partial charge in [0.2, 0.25) is 5.91 Å². The van der Waals surface area contributed by atoms with E-state index in [1.165, 1.54) is 28.5 Å². The summed E-state index contributed by atoms with van der Waals surface area (Å²) in [5.41, 5.74) is 6.27. The lowest BCUT2D eigenvalue weighted by Gasteiger charge is -2.35. The van der Waals surface area contributed by atoms with Crippen molar-refractivity contribution in [1.82, 2.24) is 25.0 Å². The van der Waals surface area contributed by atoms with Gasteiger partial charge in [0.25, 0.3) is 0 Å². The standard InChI is InChI=1S/C26H33N5OS/c1-5-23(30-13-12-21-8-6-7-9-22(21)16-30)15-27-25(32)17-33-26-29-28-20(4)31(26)24-14-18(2)10-11-19(24)3/h6-11,14,23H,5,12-13,15-17H2,1-4H3,(H,27,32). The molecule has 1 aromatic heterocycles. The molecule has 174 valence electrons. The number of hydrogen-bond acceptors (Lipinski definition) is 5. The van der Waals surface area contributed by atoms with Gasteiger partial charge in [-0.3, -0.25) is 14.3 Å². The van der Waals surface area contributed by atoms with Crippen LogP contribution in [0.4, 0.5) is 0 Å². The van der Waals surface area contributed by atoms with Gasteiger partial charge in [-0.25, -0.2) is 0 Å². The van der Waals surface area contributed by atoms with Crippen molar-refractivity contribution < 1.29 is 4.79 Å². The van der Waals surface area contributed by atoms with Crippen LogP contribution in [-0.4, -0.2) is 50.5 Å². The van der Waals surface area contributed by atoms with Crippen LogP contribution in [0.15, 0.2) is 47.6 Å². The summed E-state index contributed by atoms with van der Waals surface area (Å²) in [6, 6.07) is 15.4. The Hall–Kier alpha value is -2.64. The monoisotopic (exact) mass is 463 g/mol. The molecule has 0 saturated carbocycles. The van der Waals surface area contributed by atoms with E-state index in [0.717, 1.165) is 48.2 Å². The molecule has 2 aromatic carbocycles. The molecule has 2 heterocycles. The summed E-state index contributed by atoms with van der Waals surface area (Å²) in [6.45, 7) is 11.0. The first-order valence-electron chi connectivity index (χ1n) is 11.7. The molecular formula is C26H33N5OS. The largest absolute Gasteiger partial charge is 0.354 e. The maximum Gasteiger partial charge on any atom is 0.230 e. The maximum atomic E-state index is 12.7. The number of fused-ring (bicyclic) bond motifs is 1. The van der Waals surface area contributed by atoms with E-state index in [1.54, 1.807) is 0 Å². The summed E-state index contributed by atoms with van der Waals surface area (Å²) in [5.74, 6) is 1.18. The number of carbonyl (C=O) groups excluding carboxylic acids is 1. The van der Waals surface area contributed by atoms with Gasteiger partial charge in [-0.05, 0) is 61.9 Å². The normalized spacial score (nSPS) is 14.7. The second-order valence-electron chi connectivity index (χ2n) is 8.80. The molecule has 0 spiro atoms.